The third-order valence-electron chi connectivity index (χ3n) is 7.04. The maximum atomic E-state index is 13.7. The molecule has 0 radical (unpaired) electrons. The molecule has 0 amide bonds. The molecule has 2 aromatic heterocycles. The quantitative estimate of drug-likeness (QED) is 0.699. The summed E-state index contributed by atoms with van der Waals surface area (Å²) in [5.74, 6) is 1.46. The van der Waals surface area contributed by atoms with E-state index in [1.165, 1.54) is 11.1 Å². The summed E-state index contributed by atoms with van der Waals surface area (Å²) >= 11 is 0. The van der Waals surface area contributed by atoms with Gasteiger partial charge in [-0.15, -0.1) is 0 Å². The molecule has 34 heavy (non-hydrogen) atoms. The largest absolute Gasteiger partial charge is 0.408 e. The Morgan fingerprint density at radius 2 is 1.85 bits per heavy atom. The molecule has 0 spiro atoms. The summed E-state index contributed by atoms with van der Waals surface area (Å²) in [6.45, 7) is 3.77. The number of rotatable bonds is 5. The molecule has 5 heterocycles. The molecule has 7 nitrogen and oxygen atoms in total. The fourth-order valence-electron chi connectivity index (χ4n) is 5.10. The van der Waals surface area contributed by atoms with Gasteiger partial charge in [-0.2, -0.15) is 18.4 Å². The van der Waals surface area contributed by atoms with Gasteiger partial charge in [-0.3, -0.25) is 4.90 Å². The van der Waals surface area contributed by atoms with Gasteiger partial charge in [0.15, 0.2) is 0 Å². The molecular formula is C24H27F3N6O. The van der Waals surface area contributed by atoms with Crippen LogP contribution < -0.4 is 10.2 Å². The van der Waals surface area contributed by atoms with Crippen LogP contribution in [0.1, 0.15) is 42.7 Å². The van der Waals surface area contributed by atoms with Crippen molar-refractivity contribution in [2.45, 2.75) is 49.9 Å². The minimum atomic E-state index is -4.30. The van der Waals surface area contributed by atoms with Crippen LogP contribution >= 0.6 is 0 Å². The number of piperidine rings is 1. The van der Waals surface area contributed by atoms with E-state index in [0.29, 0.717) is 42.0 Å². The van der Waals surface area contributed by atoms with E-state index in [1.54, 1.807) is 12.1 Å². The number of nitrogens with zero attached hydrogens (tertiary/aromatic N) is 5. The van der Waals surface area contributed by atoms with Gasteiger partial charge in [0.05, 0.1) is 30.9 Å². The summed E-state index contributed by atoms with van der Waals surface area (Å²) in [5.41, 5.74) is 1.43. The first-order chi connectivity index (χ1) is 16.4. The molecule has 0 aromatic carbocycles. The third-order valence-corrected chi connectivity index (χ3v) is 7.04. The molecule has 3 fully saturated rings. The number of halogens is 3. The summed E-state index contributed by atoms with van der Waals surface area (Å²) < 4.78 is 46.4. The maximum Gasteiger partial charge on any atom is 0.408 e. The molecule has 0 saturated carbocycles. The van der Waals surface area contributed by atoms with Crippen molar-refractivity contribution >= 4 is 17.5 Å². The van der Waals surface area contributed by atoms with E-state index >= 15 is 0 Å². The Bertz CT molecular complexity index is 1060. The SMILES string of the molecule is N#Cc1ccnc(Nc2cc(C3CCN(C4COC4)CC3)cc(N3CCCC3C(F)(F)F)n2)c1. The van der Waals surface area contributed by atoms with Crippen LogP contribution in [0.15, 0.2) is 30.5 Å². The van der Waals surface area contributed by atoms with E-state index < -0.39 is 12.2 Å². The van der Waals surface area contributed by atoms with Crippen molar-refractivity contribution in [1.29, 1.82) is 5.26 Å². The molecule has 1 N–H and O–H groups in total. The van der Waals surface area contributed by atoms with Crippen molar-refractivity contribution in [1.82, 2.24) is 14.9 Å². The van der Waals surface area contributed by atoms with Crippen molar-refractivity contribution in [3.8, 4) is 6.07 Å². The highest BCUT2D eigenvalue weighted by atomic mass is 19.4. The molecule has 3 saturated heterocycles. The lowest BCUT2D eigenvalue weighted by Crippen LogP contribution is -2.51. The van der Waals surface area contributed by atoms with Crippen LogP contribution in [0.5, 0.6) is 0 Å². The van der Waals surface area contributed by atoms with Crippen LogP contribution in [0.4, 0.5) is 30.6 Å². The lowest BCUT2D eigenvalue weighted by atomic mass is 9.89. The number of aromatic nitrogens is 2. The van der Waals surface area contributed by atoms with Gasteiger partial charge in [0.1, 0.15) is 23.5 Å². The molecule has 1 unspecified atom stereocenters. The second-order valence-electron chi connectivity index (χ2n) is 9.21. The molecule has 180 valence electrons. The maximum absolute atomic E-state index is 13.7. The summed E-state index contributed by atoms with van der Waals surface area (Å²) in [7, 11) is 0. The number of hydrogen-bond acceptors (Lipinski definition) is 7. The molecule has 3 aliphatic rings. The minimum absolute atomic E-state index is 0.0752. The number of alkyl halides is 3. The molecule has 1 atom stereocenters. The van der Waals surface area contributed by atoms with Gasteiger partial charge in [-0.05, 0) is 74.5 Å². The highest BCUT2D eigenvalue weighted by Crippen LogP contribution is 2.38. The molecule has 0 bridgehead atoms. The normalized spacial score (nSPS) is 22.4. The second kappa shape index (κ2) is 9.39. The number of ether oxygens (including phenoxy) is 1. The summed E-state index contributed by atoms with van der Waals surface area (Å²) in [6.07, 6.45) is -0.362. The predicted molar refractivity (Wildman–Crippen MR) is 121 cm³/mol. The first kappa shape index (κ1) is 22.9. The van der Waals surface area contributed by atoms with Crippen LogP contribution in [-0.4, -0.2) is 66.0 Å². The van der Waals surface area contributed by atoms with Crippen molar-refractivity contribution in [2.75, 3.05) is 43.1 Å². The molecule has 3 aliphatic heterocycles. The molecular weight excluding hydrogens is 445 g/mol. The van der Waals surface area contributed by atoms with Crippen LogP contribution in [0.3, 0.4) is 0 Å². The second-order valence-corrected chi connectivity index (χ2v) is 9.21. The number of anilines is 3. The Kier molecular flexibility index (Phi) is 6.32. The van der Waals surface area contributed by atoms with E-state index in [9.17, 15) is 18.4 Å². The van der Waals surface area contributed by atoms with E-state index in [-0.39, 0.29) is 12.3 Å². The zero-order valence-corrected chi connectivity index (χ0v) is 18.8. The van der Waals surface area contributed by atoms with E-state index in [1.807, 2.05) is 12.1 Å². The van der Waals surface area contributed by atoms with Gasteiger partial charge in [-0.1, -0.05) is 0 Å². The number of likely N-dealkylation sites (tertiary alicyclic amines) is 1. The molecule has 0 aliphatic carbocycles. The van der Waals surface area contributed by atoms with Gasteiger partial charge in [-0.25, -0.2) is 9.97 Å². The highest BCUT2D eigenvalue weighted by Gasteiger charge is 2.46. The minimum Gasteiger partial charge on any atom is -0.378 e. The van der Waals surface area contributed by atoms with Crippen LogP contribution in [-0.2, 0) is 4.74 Å². The van der Waals surface area contributed by atoms with E-state index in [0.717, 1.165) is 44.7 Å². The fourth-order valence-corrected chi connectivity index (χ4v) is 5.10. The van der Waals surface area contributed by atoms with E-state index in [2.05, 4.69) is 26.3 Å². The van der Waals surface area contributed by atoms with Gasteiger partial charge in [0, 0.05) is 12.7 Å². The number of nitriles is 1. The molecule has 5 rings (SSSR count). The number of hydrogen-bond donors (Lipinski definition) is 1. The Morgan fingerprint density at radius 3 is 2.53 bits per heavy atom. The fraction of sp³-hybridized carbons (Fsp3) is 0.542. The van der Waals surface area contributed by atoms with Crippen LogP contribution in [0.25, 0.3) is 0 Å². The first-order valence-electron chi connectivity index (χ1n) is 11.7. The Morgan fingerprint density at radius 1 is 1.06 bits per heavy atom. The van der Waals surface area contributed by atoms with Crippen LogP contribution in [0, 0.1) is 11.3 Å². The first-order valence-corrected chi connectivity index (χ1v) is 11.7. The standard InChI is InChI=1S/C24H27F3N6O/c25-24(26,27)20-2-1-7-33(20)23-12-18(17-4-8-32(9-5-17)19-14-34-15-19)11-22(31-23)30-21-10-16(13-28)3-6-29-21/h3,6,10-12,17,19-20H,1-2,4-5,7-9,14-15H2,(H,29,30,31). The number of nitrogens with one attached hydrogen (secondary N) is 1. The Hall–Kier alpha value is -2.90. The lowest BCUT2D eigenvalue weighted by Gasteiger charge is -2.41. The van der Waals surface area contributed by atoms with Gasteiger partial charge >= 0.3 is 6.18 Å². The zero-order chi connectivity index (χ0) is 23.7. The smallest absolute Gasteiger partial charge is 0.378 e. The van der Waals surface area contributed by atoms with Crippen molar-refractivity contribution < 1.29 is 17.9 Å². The lowest BCUT2D eigenvalue weighted by molar-refractivity contribution is -0.146. The predicted octanol–water partition coefficient (Wildman–Crippen LogP) is 4.20. The molecule has 10 heteroatoms. The summed E-state index contributed by atoms with van der Waals surface area (Å²) in [5, 5.41) is 12.3. The average molecular weight is 473 g/mol. The summed E-state index contributed by atoms with van der Waals surface area (Å²) in [4.78, 5) is 12.6. The van der Waals surface area contributed by atoms with Gasteiger partial charge in [0.2, 0.25) is 0 Å². The highest BCUT2D eigenvalue weighted by molar-refractivity contribution is 5.59. The average Bonchev–Trinajstić information content (AvgIpc) is 3.29. The molecule has 2 aromatic rings. The topological polar surface area (TPSA) is 77.3 Å². The monoisotopic (exact) mass is 472 g/mol. The van der Waals surface area contributed by atoms with Crippen molar-refractivity contribution in [2.24, 2.45) is 0 Å². The number of pyridine rings is 2. The van der Waals surface area contributed by atoms with E-state index in [4.69, 9.17) is 4.74 Å². The summed E-state index contributed by atoms with van der Waals surface area (Å²) in [6, 6.07) is 7.98. The van der Waals surface area contributed by atoms with Crippen LogP contribution in [0.2, 0.25) is 0 Å². The van der Waals surface area contributed by atoms with Gasteiger partial charge in [0.25, 0.3) is 0 Å². The Balaban J connectivity index is 1.43. The van der Waals surface area contributed by atoms with Crippen molar-refractivity contribution in [3.05, 3.63) is 41.6 Å². The van der Waals surface area contributed by atoms with Gasteiger partial charge < -0.3 is 15.0 Å². The van der Waals surface area contributed by atoms with Crippen molar-refractivity contribution in [3.63, 3.8) is 0 Å². The Labute approximate surface area is 196 Å². The zero-order valence-electron chi connectivity index (χ0n) is 18.8. The third kappa shape index (κ3) is 4.81.